The van der Waals surface area contributed by atoms with Crippen LogP contribution in [-0.2, 0) is 0 Å². The van der Waals surface area contributed by atoms with Gasteiger partial charge in [0.2, 0.25) is 0 Å². The van der Waals surface area contributed by atoms with Gasteiger partial charge >= 0.3 is 12.0 Å². The molecule has 0 radical (unpaired) electrons. The summed E-state index contributed by atoms with van der Waals surface area (Å²) in [5.74, 6) is -1.08. The normalized spacial score (nSPS) is 11.5. The van der Waals surface area contributed by atoms with E-state index >= 15 is 0 Å². The molecule has 0 bridgehead atoms. The first-order valence-electron chi connectivity index (χ1n) is 6.62. The maximum Gasteiger partial charge on any atom is 0.337 e. The van der Waals surface area contributed by atoms with E-state index < -0.39 is 12.0 Å². The first-order chi connectivity index (χ1) is 10.5. The number of rotatable bonds is 4. The molecule has 0 saturated carbocycles. The average molecular weight is 410 g/mol. The van der Waals surface area contributed by atoms with E-state index in [4.69, 9.17) is 0 Å². The van der Waals surface area contributed by atoms with E-state index in [-0.39, 0.29) is 17.3 Å². The van der Waals surface area contributed by atoms with Crippen LogP contribution in [0.3, 0.4) is 0 Å². The van der Waals surface area contributed by atoms with Gasteiger partial charge in [0.1, 0.15) is 0 Å². The zero-order chi connectivity index (χ0) is 16.1. The van der Waals surface area contributed by atoms with Crippen molar-refractivity contribution in [1.82, 2.24) is 5.32 Å². The van der Waals surface area contributed by atoms with Crippen LogP contribution >= 0.6 is 22.6 Å². The molecule has 2 aromatic carbocycles. The van der Waals surface area contributed by atoms with Crippen LogP contribution in [0.25, 0.3) is 0 Å². The molecule has 0 heterocycles. The van der Waals surface area contributed by atoms with Crippen molar-refractivity contribution in [2.24, 2.45) is 0 Å². The third-order valence-corrected chi connectivity index (χ3v) is 3.78. The lowest BCUT2D eigenvalue weighted by molar-refractivity contribution is 0.0698. The summed E-state index contributed by atoms with van der Waals surface area (Å²) in [6, 6.07) is 13.7. The lowest BCUT2D eigenvalue weighted by atomic mass is 10.1. The fraction of sp³-hybridized carbons (Fsp3) is 0.125. The van der Waals surface area contributed by atoms with Crippen LogP contribution in [0.4, 0.5) is 10.5 Å². The van der Waals surface area contributed by atoms with Crippen molar-refractivity contribution in [2.75, 3.05) is 5.32 Å². The highest BCUT2D eigenvalue weighted by Crippen LogP contribution is 2.19. The number of urea groups is 1. The minimum Gasteiger partial charge on any atom is -0.478 e. The topological polar surface area (TPSA) is 78.4 Å². The van der Waals surface area contributed by atoms with Crippen LogP contribution < -0.4 is 10.6 Å². The highest BCUT2D eigenvalue weighted by molar-refractivity contribution is 14.1. The van der Waals surface area contributed by atoms with Crippen LogP contribution in [0.5, 0.6) is 0 Å². The largest absolute Gasteiger partial charge is 0.478 e. The summed E-state index contributed by atoms with van der Waals surface area (Å²) in [5.41, 5.74) is 1.30. The van der Waals surface area contributed by atoms with Gasteiger partial charge in [0, 0.05) is 3.57 Å². The number of aromatic carboxylic acids is 1. The maximum absolute atomic E-state index is 12.0. The van der Waals surface area contributed by atoms with Crippen molar-refractivity contribution in [2.45, 2.75) is 13.0 Å². The first kappa shape index (κ1) is 16.3. The van der Waals surface area contributed by atoms with Gasteiger partial charge in [-0.05, 0) is 53.3 Å². The molecule has 0 spiro atoms. The SMILES string of the molecule is CC(NC(=O)Nc1ccc(I)cc1C(=O)O)c1ccccc1. The number of amides is 2. The molecule has 1 atom stereocenters. The number of hydrogen-bond acceptors (Lipinski definition) is 2. The zero-order valence-corrected chi connectivity index (χ0v) is 14.0. The zero-order valence-electron chi connectivity index (χ0n) is 11.8. The molecule has 0 aliphatic heterocycles. The number of halogens is 1. The number of carbonyl (C=O) groups excluding carboxylic acids is 1. The average Bonchev–Trinajstić information content (AvgIpc) is 2.49. The summed E-state index contributed by atoms with van der Waals surface area (Å²) in [6.07, 6.45) is 0. The molecule has 0 fully saturated rings. The third-order valence-electron chi connectivity index (χ3n) is 3.11. The van der Waals surface area contributed by atoms with Crippen molar-refractivity contribution in [3.63, 3.8) is 0 Å². The van der Waals surface area contributed by atoms with Crippen molar-refractivity contribution < 1.29 is 14.7 Å². The molecule has 2 amide bonds. The van der Waals surface area contributed by atoms with Crippen LogP contribution in [0.1, 0.15) is 28.9 Å². The third kappa shape index (κ3) is 4.20. The van der Waals surface area contributed by atoms with Crippen molar-refractivity contribution in [3.05, 3.63) is 63.2 Å². The highest BCUT2D eigenvalue weighted by Gasteiger charge is 2.14. The van der Waals surface area contributed by atoms with Gasteiger partial charge in [-0.3, -0.25) is 0 Å². The summed E-state index contributed by atoms with van der Waals surface area (Å²) in [6.45, 7) is 1.86. The molecule has 5 nitrogen and oxygen atoms in total. The van der Waals surface area contributed by atoms with E-state index in [1.54, 1.807) is 12.1 Å². The molecule has 114 valence electrons. The van der Waals surface area contributed by atoms with Crippen LogP contribution in [-0.4, -0.2) is 17.1 Å². The van der Waals surface area contributed by atoms with Gasteiger partial charge in [-0.25, -0.2) is 9.59 Å². The maximum atomic E-state index is 12.0. The Balaban J connectivity index is 2.08. The van der Waals surface area contributed by atoms with Gasteiger partial charge in [0.15, 0.2) is 0 Å². The fourth-order valence-corrected chi connectivity index (χ4v) is 2.47. The number of benzene rings is 2. The second kappa shape index (κ2) is 7.26. The molecule has 0 aromatic heterocycles. The van der Waals surface area contributed by atoms with Crippen molar-refractivity contribution in [3.8, 4) is 0 Å². The molecule has 3 N–H and O–H groups in total. The molecule has 0 aliphatic carbocycles. The van der Waals surface area contributed by atoms with Crippen molar-refractivity contribution >= 4 is 40.3 Å². The molecule has 2 rings (SSSR count). The minimum absolute atomic E-state index is 0.0643. The Bertz CT molecular complexity index is 689. The molecule has 6 heteroatoms. The lowest BCUT2D eigenvalue weighted by Crippen LogP contribution is -2.31. The Morgan fingerprint density at radius 1 is 1.14 bits per heavy atom. The van der Waals surface area contributed by atoms with Gasteiger partial charge < -0.3 is 15.7 Å². The molecular weight excluding hydrogens is 395 g/mol. The molecular formula is C16H15IN2O3. The van der Waals surface area contributed by atoms with Gasteiger partial charge in [-0.15, -0.1) is 0 Å². The second-order valence-corrected chi connectivity index (χ2v) is 5.97. The predicted molar refractivity (Wildman–Crippen MR) is 93.1 cm³/mol. The number of hydrogen-bond donors (Lipinski definition) is 3. The standard InChI is InChI=1S/C16H15IN2O3/c1-10(11-5-3-2-4-6-11)18-16(22)19-14-8-7-12(17)9-13(14)15(20)21/h2-10H,1H3,(H,20,21)(H2,18,19,22). The van der Waals surface area contributed by atoms with Gasteiger partial charge in [0.25, 0.3) is 0 Å². The molecule has 22 heavy (non-hydrogen) atoms. The van der Waals surface area contributed by atoms with Gasteiger partial charge in [-0.2, -0.15) is 0 Å². The van der Waals surface area contributed by atoms with E-state index in [2.05, 4.69) is 10.6 Å². The number of carboxylic acids is 1. The van der Waals surface area contributed by atoms with Crippen LogP contribution in [0.15, 0.2) is 48.5 Å². The van der Waals surface area contributed by atoms with E-state index in [1.807, 2.05) is 59.8 Å². The first-order valence-corrected chi connectivity index (χ1v) is 7.70. The Hall–Kier alpha value is -2.09. The summed E-state index contributed by atoms with van der Waals surface area (Å²) < 4.78 is 0.790. The Morgan fingerprint density at radius 2 is 1.82 bits per heavy atom. The Morgan fingerprint density at radius 3 is 2.45 bits per heavy atom. The number of carbonyl (C=O) groups is 2. The molecule has 0 aliphatic rings. The van der Waals surface area contributed by atoms with Crippen LogP contribution in [0, 0.1) is 3.57 Å². The molecule has 0 saturated heterocycles. The summed E-state index contributed by atoms with van der Waals surface area (Å²) in [5, 5.41) is 14.6. The van der Waals surface area contributed by atoms with Crippen LogP contribution in [0.2, 0.25) is 0 Å². The fourth-order valence-electron chi connectivity index (χ4n) is 1.98. The van der Waals surface area contributed by atoms with E-state index in [0.717, 1.165) is 9.13 Å². The monoisotopic (exact) mass is 410 g/mol. The van der Waals surface area contributed by atoms with E-state index in [0.29, 0.717) is 0 Å². The number of nitrogens with one attached hydrogen (secondary N) is 2. The lowest BCUT2D eigenvalue weighted by Gasteiger charge is -2.16. The predicted octanol–water partition coefficient (Wildman–Crippen LogP) is 3.87. The summed E-state index contributed by atoms with van der Waals surface area (Å²) in [4.78, 5) is 23.3. The molecule has 1 unspecified atom stereocenters. The number of carboxylic acid groups (broad SMARTS) is 1. The Kier molecular flexibility index (Phi) is 5.37. The summed E-state index contributed by atoms with van der Waals surface area (Å²) in [7, 11) is 0. The number of anilines is 1. The highest BCUT2D eigenvalue weighted by atomic mass is 127. The smallest absolute Gasteiger partial charge is 0.337 e. The summed E-state index contributed by atoms with van der Waals surface area (Å²) >= 11 is 2.03. The Labute approximate surface area is 141 Å². The molecule has 2 aromatic rings. The van der Waals surface area contributed by atoms with Gasteiger partial charge in [-0.1, -0.05) is 30.3 Å². The van der Waals surface area contributed by atoms with E-state index in [1.165, 1.54) is 6.07 Å². The minimum atomic E-state index is -1.08. The quantitative estimate of drug-likeness (QED) is 0.670. The van der Waals surface area contributed by atoms with Crippen molar-refractivity contribution in [1.29, 1.82) is 0 Å². The van der Waals surface area contributed by atoms with Gasteiger partial charge in [0.05, 0.1) is 17.3 Å². The second-order valence-electron chi connectivity index (χ2n) is 4.73. The van der Waals surface area contributed by atoms with E-state index in [9.17, 15) is 14.7 Å².